The van der Waals surface area contributed by atoms with Gasteiger partial charge in [-0.2, -0.15) is 0 Å². The second-order valence-corrected chi connectivity index (χ2v) is 11.8. The van der Waals surface area contributed by atoms with Gasteiger partial charge in [0.05, 0.1) is 12.2 Å². The molecule has 7 heteroatoms. The average molecular weight is 581 g/mol. The molecule has 1 fully saturated rings. The molecule has 0 saturated heterocycles. The van der Waals surface area contributed by atoms with Crippen molar-refractivity contribution in [1.82, 2.24) is 0 Å². The minimum Gasteiger partial charge on any atom is -0.462 e. The van der Waals surface area contributed by atoms with Crippen LogP contribution in [-0.2, 0) is 23.9 Å². The van der Waals surface area contributed by atoms with E-state index in [-0.39, 0.29) is 49.2 Å². The molecule has 0 aromatic rings. The third kappa shape index (κ3) is 19.2. The smallest absolute Gasteiger partial charge is 0.305 e. The summed E-state index contributed by atoms with van der Waals surface area (Å²) in [5.74, 6) is -0.824. The first kappa shape index (κ1) is 37.3. The molecule has 0 spiro atoms. The summed E-state index contributed by atoms with van der Waals surface area (Å²) >= 11 is 0. The van der Waals surface area contributed by atoms with Crippen molar-refractivity contribution in [3.8, 4) is 0 Å². The summed E-state index contributed by atoms with van der Waals surface area (Å²) < 4.78 is 10.3. The number of rotatable bonds is 26. The molecule has 0 amide bonds. The van der Waals surface area contributed by atoms with Crippen LogP contribution < -0.4 is 0 Å². The Labute approximate surface area is 249 Å². The van der Waals surface area contributed by atoms with Crippen molar-refractivity contribution in [2.45, 2.75) is 161 Å². The second kappa shape index (κ2) is 24.8. The fourth-order valence-electron chi connectivity index (χ4n) is 5.57. The Kier molecular flexibility index (Phi) is 22.6. The molecule has 41 heavy (non-hydrogen) atoms. The zero-order chi connectivity index (χ0) is 30.1. The molecule has 0 aromatic heterocycles. The van der Waals surface area contributed by atoms with Crippen LogP contribution >= 0.6 is 0 Å². The summed E-state index contributed by atoms with van der Waals surface area (Å²) in [6, 6.07) is 0. The normalized spacial score (nSPS) is 19.6. The van der Waals surface area contributed by atoms with Crippen molar-refractivity contribution in [2.24, 2.45) is 11.8 Å². The molecule has 0 unspecified atom stereocenters. The van der Waals surface area contributed by atoms with E-state index in [0.717, 1.165) is 51.4 Å². The summed E-state index contributed by atoms with van der Waals surface area (Å²) in [5, 5.41) is 20.5. The summed E-state index contributed by atoms with van der Waals surface area (Å²) in [4.78, 5) is 36.2. The number of ketones is 1. The third-order valence-electron chi connectivity index (χ3n) is 8.13. The van der Waals surface area contributed by atoms with E-state index in [1.807, 2.05) is 6.08 Å². The van der Waals surface area contributed by atoms with Gasteiger partial charge in [0.2, 0.25) is 0 Å². The third-order valence-corrected chi connectivity index (χ3v) is 8.13. The van der Waals surface area contributed by atoms with Gasteiger partial charge in [-0.15, -0.1) is 0 Å². The molecular weight excluding hydrogens is 520 g/mol. The summed E-state index contributed by atoms with van der Waals surface area (Å²) in [5.41, 5.74) is 0. The summed E-state index contributed by atoms with van der Waals surface area (Å²) in [7, 11) is 0. The number of hydrogen-bond donors (Lipinski definition) is 2. The van der Waals surface area contributed by atoms with Crippen molar-refractivity contribution >= 4 is 17.7 Å². The standard InChI is InChI=1S/C34H60O7/c1-3-5-7-8-9-10-11-12-17-21-33(38)40-25-26-41-34(39)22-18-14-13-16-20-29-30(32(37)27-31(29)36)24-23-28(35)19-15-6-4-2/h23-24,28-30,32,35,37H,3-22,25-27H2,1-2H3/b24-23+/t28-,29+,30+,32+/m0/s1. The lowest BCUT2D eigenvalue weighted by atomic mass is 9.88. The predicted octanol–water partition coefficient (Wildman–Crippen LogP) is 7.40. The molecule has 1 saturated carbocycles. The minimum atomic E-state index is -0.671. The number of Topliss-reactive ketones (excluding diaryl/α,β-unsaturated/α-hetero) is 1. The largest absolute Gasteiger partial charge is 0.462 e. The zero-order valence-corrected chi connectivity index (χ0v) is 26.2. The Morgan fingerprint density at radius 1 is 0.780 bits per heavy atom. The molecule has 0 aromatic carbocycles. The van der Waals surface area contributed by atoms with Gasteiger partial charge in [-0.3, -0.25) is 14.4 Å². The van der Waals surface area contributed by atoms with Gasteiger partial charge in [0.15, 0.2) is 0 Å². The Balaban J connectivity index is 2.05. The average Bonchev–Trinajstić information content (AvgIpc) is 3.22. The molecule has 0 aliphatic heterocycles. The van der Waals surface area contributed by atoms with Gasteiger partial charge in [0, 0.05) is 31.1 Å². The van der Waals surface area contributed by atoms with Crippen LogP contribution in [0.5, 0.6) is 0 Å². The van der Waals surface area contributed by atoms with Gasteiger partial charge in [-0.1, -0.05) is 116 Å². The van der Waals surface area contributed by atoms with E-state index < -0.39 is 12.2 Å². The quantitative estimate of drug-likeness (QED) is 0.0623. The molecule has 4 atom stereocenters. The van der Waals surface area contributed by atoms with Gasteiger partial charge in [0.1, 0.15) is 19.0 Å². The molecule has 1 aliphatic rings. The number of carbonyl (C=O) groups is 3. The first-order valence-electron chi connectivity index (χ1n) is 16.8. The number of hydrogen-bond acceptors (Lipinski definition) is 7. The number of aliphatic hydroxyl groups excluding tert-OH is 2. The highest BCUT2D eigenvalue weighted by atomic mass is 16.6. The van der Waals surface area contributed by atoms with Crippen molar-refractivity contribution in [1.29, 1.82) is 0 Å². The molecule has 0 radical (unpaired) electrons. The van der Waals surface area contributed by atoms with Gasteiger partial charge < -0.3 is 19.7 Å². The van der Waals surface area contributed by atoms with Crippen LogP contribution in [-0.4, -0.2) is 53.4 Å². The van der Waals surface area contributed by atoms with Crippen LogP contribution in [0.1, 0.15) is 149 Å². The van der Waals surface area contributed by atoms with Gasteiger partial charge in [0.25, 0.3) is 0 Å². The molecular formula is C34H60O7. The Morgan fingerprint density at radius 2 is 1.27 bits per heavy atom. The van der Waals surface area contributed by atoms with Gasteiger partial charge in [-0.25, -0.2) is 0 Å². The molecule has 0 heterocycles. The van der Waals surface area contributed by atoms with Crippen molar-refractivity contribution in [3.63, 3.8) is 0 Å². The molecule has 2 N–H and O–H groups in total. The zero-order valence-electron chi connectivity index (χ0n) is 26.2. The number of esters is 2. The Morgan fingerprint density at radius 3 is 1.83 bits per heavy atom. The van der Waals surface area contributed by atoms with Crippen molar-refractivity contribution in [2.75, 3.05) is 13.2 Å². The molecule has 238 valence electrons. The van der Waals surface area contributed by atoms with Crippen LogP contribution in [0.2, 0.25) is 0 Å². The highest BCUT2D eigenvalue weighted by molar-refractivity contribution is 5.84. The van der Waals surface area contributed by atoms with Crippen LogP contribution in [0.4, 0.5) is 0 Å². The summed E-state index contributed by atoms with van der Waals surface area (Å²) in [6.07, 6.45) is 22.1. The molecule has 7 nitrogen and oxygen atoms in total. The van der Waals surface area contributed by atoms with Crippen LogP contribution in [0.3, 0.4) is 0 Å². The number of aliphatic hydroxyl groups is 2. The van der Waals surface area contributed by atoms with E-state index in [9.17, 15) is 24.6 Å². The SMILES string of the molecule is CCCCCCCCCCCC(=O)OCCOC(=O)CCCCCC[C@H]1C(=O)C[C@@H](O)[C@@H]1/C=C/[C@@H](O)CCCCC. The number of ether oxygens (including phenoxy) is 2. The lowest BCUT2D eigenvalue weighted by Crippen LogP contribution is -2.19. The first-order valence-corrected chi connectivity index (χ1v) is 16.8. The Bertz CT molecular complexity index is 720. The van der Waals surface area contributed by atoms with Crippen LogP contribution in [0.15, 0.2) is 12.2 Å². The highest BCUT2D eigenvalue weighted by Gasteiger charge is 2.39. The maximum absolute atomic E-state index is 12.4. The van der Waals surface area contributed by atoms with E-state index in [2.05, 4.69) is 13.8 Å². The summed E-state index contributed by atoms with van der Waals surface area (Å²) in [6.45, 7) is 4.55. The lowest BCUT2D eigenvalue weighted by Gasteiger charge is -2.18. The second-order valence-electron chi connectivity index (χ2n) is 11.8. The van der Waals surface area contributed by atoms with Crippen LogP contribution in [0.25, 0.3) is 0 Å². The van der Waals surface area contributed by atoms with Crippen molar-refractivity contribution < 1.29 is 34.1 Å². The maximum atomic E-state index is 12.4. The van der Waals surface area contributed by atoms with E-state index in [1.54, 1.807) is 6.08 Å². The monoisotopic (exact) mass is 580 g/mol. The van der Waals surface area contributed by atoms with E-state index in [1.165, 1.54) is 44.9 Å². The topological polar surface area (TPSA) is 110 Å². The predicted molar refractivity (Wildman–Crippen MR) is 163 cm³/mol. The minimum absolute atomic E-state index is 0.0939. The van der Waals surface area contributed by atoms with Crippen molar-refractivity contribution in [3.05, 3.63) is 12.2 Å². The van der Waals surface area contributed by atoms with Gasteiger partial charge >= 0.3 is 11.9 Å². The van der Waals surface area contributed by atoms with E-state index >= 15 is 0 Å². The van der Waals surface area contributed by atoms with E-state index in [4.69, 9.17) is 9.47 Å². The first-order chi connectivity index (χ1) is 19.9. The maximum Gasteiger partial charge on any atom is 0.305 e. The highest BCUT2D eigenvalue weighted by Crippen LogP contribution is 2.34. The fraction of sp³-hybridized carbons (Fsp3) is 0.853. The number of carbonyl (C=O) groups excluding carboxylic acids is 3. The fourth-order valence-corrected chi connectivity index (χ4v) is 5.57. The molecule has 1 aliphatic carbocycles. The van der Waals surface area contributed by atoms with Crippen LogP contribution in [0, 0.1) is 11.8 Å². The van der Waals surface area contributed by atoms with Gasteiger partial charge in [-0.05, 0) is 25.7 Å². The molecule has 1 rings (SSSR count). The Hall–Kier alpha value is -1.73. The molecule has 0 bridgehead atoms. The van der Waals surface area contributed by atoms with E-state index in [0.29, 0.717) is 32.1 Å². The lowest BCUT2D eigenvalue weighted by molar-refractivity contribution is -0.152. The number of unbranched alkanes of at least 4 members (excludes halogenated alkanes) is 13.